The fourth-order valence-electron chi connectivity index (χ4n) is 2.45. The van der Waals surface area contributed by atoms with E-state index in [-0.39, 0.29) is 17.9 Å². The van der Waals surface area contributed by atoms with Crippen LogP contribution in [0.15, 0.2) is 28.8 Å². The van der Waals surface area contributed by atoms with Gasteiger partial charge < -0.3 is 9.84 Å². The average molecular weight is 300 g/mol. The third kappa shape index (κ3) is 3.38. The Balaban J connectivity index is 2.15. The van der Waals surface area contributed by atoms with Crippen molar-refractivity contribution in [1.82, 2.24) is 10.5 Å². The summed E-state index contributed by atoms with van der Waals surface area (Å²) < 4.78 is 5.28. The Bertz CT molecular complexity index is 642. The molecule has 4 nitrogen and oxygen atoms in total. The van der Waals surface area contributed by atoms with E-state index >= 15 is 0 Å². The minimum Gasteiger partial charge on any atom is -0.360 e. The number of amides is 1. The molecular formula is C18H24N2O2. The van der Waals surface area contributed by atoms with Crippen LogP contribution in [0.25, 0.3) is 0 Å². The van der Waals surface area contributed by atoms with Gasteiger partial charge in [0, 0.05) is 5.92 Å². The molecule has 22 heavy (non-hydrogen) atoms. The second-order valence-corrected chi connectivity index (χ2v) is 5.95. The van der Waals surface area contributed by atoms with Crippen molar-refractivity contribution in [2.24, 2.45) is 0 Å². The molecule has 1 N–H and O–H groups in total. The van der Waals surface area contributed by atoms with Gasteiger partial charge in [0.1, 0.15) is 5.56 Å². The lowest BCUT2D eigenvalue weighted by Gasteiger charge is -2.15. The van der Waals surface area contributed by atoms with Crippen LogP contribution in [-0.4, -0.2) is 11.1 Å². The molecule has 0 bridgehead atoms. The molecule has 1 atom stereocenters. The zero-order valence-corrected chi connectivity index (χ0v) is 13.9. The van der Waals surface area contributed by atoms with Crippen molar-refractivity contribution in [1.29, 1.82) is 0 Å². The smallest absolute Gasteiger partial charge is 0.257 e. The van der Waals surface area contributed by atoms with Crippen LogP contribution in [0.2, 0.25) is 0 Å². The van der Waals surface area contributed by atoms with E-state index in [2.05, 4.69) is 41.7 Å². The highest BCUT2D eigenvalue weighted by Crippen LogP contribution is 2.23. The van der Waals surface area contributed by atoms with E-state index < -0.39 is 0 Å². The van der Waals surface area contributed by atoms with Crippen molar-refractivity contribution < 1.29 is 9.32 Å². The third-order valence-corrected chi connectivity index (χ3v) is 3.88. The van der Waals surface area contributed by atoms with Crippen LogP contribution >= 0.6 is 0 Å². The van der Waals surface area contributed by atoms with Gasteiger partial charge in [-0.15, -0.1) is 0 Å². The Morgan fingerprint density at radius 2 is 1.86 bits per heavy atom. The molecular weight excluding hydrogens is 276 g/mol. The molecule has 0 aliphatic heterocycles. The van der Waals surface area contributed by atoms with Crippen LogP contribution in [0.5, 0.6) is 0 Å². The molecule has 0 radical (unpaired) electrons. The summed E-state index contributed by atoms with van der Waals surface area (Å²) >= 11 is 0. The maximum Gasteiger partial charge on any atom is 0.257 e. The largest absolute Gasteiger partial charge is 0.360 e. The fourth-order valence-corrected chi connectivity index (χ4v) is 2.45. The molecule has 118 valence electrons. The molecule has 1 aromatic heterocycles. The number of nitrogens with one attached hydrogen (secondary N) is 1. The number of hydrogen-bond donors (Lipinski definition) is 1. The van der Waals surface area contributed by atoms with Gasteiger partial charge in [0.25, 0.3) is 5.91 Å². The molecule has 1 aromatic carbocycles. The van der Waals surface area contributed by atoms with E-state index in [1.54, 1.807) is 6.92 Å². The van der Waals surface area contributed by atoms with Gasteiger partial charge in [-0.2, -0.15) is 0 Å². The van der Waals surface area contributed by atoms with Gasteiger partial charge >= 0.3 is 0 Å². The Hall–Kier alpha value is -2.10. The molecule has 0 spiro atoms. The number of nitrogens with zero attached hydrogens (tertiary/aromatic N) is 1. The summed E-state index contributed by atoms with van der Waals surface area (Å²) in [6.45, 7) is 9.89. The first-order chi connectivity index (χ1) is 10.4. The van der Waals surface area contributed by atoms with Crippen molar-refractivity contribution >= 4 is 5.91 Å². The van der Waals surface area contributed by atoms with Crippen LogP contribution in [0.1, 0.15) is 72.6 Å². The molecule has 0 saturated carbocycles. The number of carbonyl (C=O) groups excluding carboxylic acids is 1. The highest BCUT2D eigenvalue weighted by atomic mass is 16.5. The number of aryl methyl sites for hydroxylation is 2. The molecule has 1 heterocycles. The number of rotatable bonds is 5. The maximum absolute atomic E-state index is 12.5. The van der Waals surface area contributed by atoms with Gasteiger partial charge in [-0.05, 0) is 31.4 Å². The van der Waals surface area contributed by atoms with Crippen LogP contribution < -0.4 is 5.32 Å². The zero-order chi connectivity index (χ0) is 16.3. The molecule has 0 saturated heterocycles. The molecule has 1 unspecified atom stereocenters. The third-order valence-electron chi connectivity index (χ3n) is 3.88. The second-order valence-electron chi connectivity index (χ2n) is 5.95. The lowest BCUT2D eigenvalue weighted by Crippen LogP contribution is -2.27. The first-order valence-electron chi connectivity index (χ1n) is 7.79. The molecule has 4 heteroatoms. The second kappa shape index (κ2) is 6.77. The van der Waals surface area contributed by atoms with E-state index in [0.717, 1.165) is 12.0 Å². The SMILES string of the molecule is CCc1ccc(C(C)NC(=O)c2c(C)noc2C(C)C)cc1. The van der Waals surface area contributed by atoms with Crippen LogP contribution in [0, 0.1) is 6.92 Å². The lowest BCUT2D eigenvalue weighted by molar-refractivity contribution is 0.0937. The van der Waals surface area contributed by atoms with Crippen molar-refractivity contribution in [2.75, 3.05) is 0 Å². The molecule has 2 rings (SSSR count). The fraction of sp³-hybridized carbons (Fsp3) is 0.444. The van der Waals surface area contributed by atoms with E-state index in [1.165, 1.54) is 5.56 Å². The van der Waals surface area contributed by atoms with Crippen LogP contribution in [0.4, 0.5) is 0 Å². The van der Waals surface area contributed by atoms with E-state index in [1.807, 2.05) is 20.8 Å². The molecule has 2 aromatic rings. The summed E-state index contributed by atoms with van der Waals surface area (Å²) in [5.74, 6) is 0.638. The molecule has 0 fully saturated rings. The van der Waals surface area contributed by atoms with E-state index in [0.29, 0.717) is 17.0 Å². The molecule has 0 aliphatic carbocycles. The van der Waals surface area contributed by atoms with Crippen LogP contribution in [-0.2, 0) is 6.42 Å². The number of carbonyl (C=O) groups is 1. The van der Waals surface area contributed by atoms with Crippen molar-refractivity contribution in [3.05, 3.63) is 52.4 Å². The van der Waals surface area contributed by atoms with Crippen molar-refractivity contribution in [2.45, 2.75) is 53.0 Å². The number of aromatic nitrogens is 1. The first-order valence-corrected chi connectivity index (χ1v) is 7.79. The summed E-state index contributed by atoms with van der Waals surface area (Å²) in [5.41, 5.74) is 3.58. The Morgan fingerprint density at radius 3 is 2.41 bits per heavy atom. The van der Waals surface area contributed by atoms with Gasteiger partial charge in [-0.3, -0.25) is 4.79 Å². The normalized spacial score (nSPS) is 12.5. The van der Waals surface area contributed by atoms with Gasteiger partial charge in [-0.25, -0.2) is 0 Å². The highest BCUT2D eigenvalue weighted by Gasteiger charge is 2.23. The quantitative estimate of drug-likeness (QED) is 0.902. The standard InChI is InChI=1S/C18H24N2O2/c1-6-14-7-9-15(10-8-14)12(4)19-18(21)16-13(5)20-22-17(16)11(2)3/h7-12H,6H2,1-5H3,(H,19,21). The van der Waals surface area contributed by atoms with Gasteiger partial charge in [0.15, 0.2) is 5.76 Å². The Morgan fingerprint density at radius 1 is 1.23 bits per heavy atom. The van der Waals surface area contributed by atoms with Crippen LogP contribution in [0.3, 0.4) is 0 Å². The molecule has 1 amide bonds. The summed E-state index contributed by atoms with van der Waals surface area (Å²) in [5, 5.41) is 6.96. The first kappa shape index (κ1) is 16.3. The van der Waals surface area contributed by atoms with E-state index in [9.17, 15) is 4.79 Å². The highest BCUT2D eigenvalue weighted by molar-refractivity contribution is 5.96. The van der Waals surface area contributed by atoms with E-state index in [4.69, 9.17) is 4.52 Å². The number of hydrogen-bond acceptors (Lipinski definition) is 3. The van der Waals surface area contributed by atoms with Gasteiger partial charge in [0.05, 0.1) is 11.7 Å². The van der Waals surface area contributed by atoms with Gasteiger partial charge in [0.2, 0.25) is 0 Å². The number of benzene rings is 1. The zero-order valence-electron chi connectivity index (χ0n) is 13.9. The summed E-state index contributed by atoms with van der Waals surface area (Å²) in [6.07, 6.45) is 1.01. The minimum atomic E-state index is -0.130. The predicted octanol–water partition coefficient (Wildman–Crippen LogP) is 4.16. The monoisotopic (exact) mass is 300 g/mol. The Labute approximate surface area is 131 Å². The minimum absolute atomic E-state index is 0.0623. The average Bonchev–Trinajstić information content (AvgIpc) is 2.89. The van der Waals surface area contributed by atoms with Crippen molar-refractivity contribution in [3.63, 3.8) is 0 Å². The van der Waals surface area contributed by atoms with Crippen molar-refractivity contribution in [3.8, 4) is 0 Å². The lowest BCUT2D eigenvalue weighted by atomic mass is 10.0. The topological polar surface area (TPSA) is 55.1 Å². The Kier molecular flexibility index (Phi) is 5.01. The predicted molar refractivity (Wildman–Crippen MR) is 87.0 cm³/mol. The summed E-state index contributed by atoms with van der Waals surface area (Å²) in [4.78, 5) is 12.5. The summed E-state index contributed by atoms with van der Waals surface area (Å²) in [7, 11) is 0. The van der Waals surface area contributed by atoms with Gasteiger partial charge in [-0.1, -0.05) is 50.2 Å². The maximum atomic E-state index is 12.5. The molecule has 0 aliphatic rings. The summed E-state index contributed by atoms with van der Waals surface area (Å²) in [6, 6.07) is 8.26.